The van der Waals surface area contributed by atoms with Gasteiger partial charge in [-0.25, -0.2) is 4.39 Å². The van der Waals surface area contributed by atoms with Crippen molar-refractivity contribution in [3.05, 3.63) is 47.3 Å². The zero-order chi connectivity index (χ0) is 14.5. The molecule has 0 aliphatic rings. The second-order valence-corrected chi connectivity index (χ2v) is 4.76. The Kier molecular flexibility index (Phi) is 5.24. The third kappa shape index (κ3) is 4.48. The number of halogens is 1. The second kappa shape index (κ2) is 6.48. The van der Waals surface area contributed by atoms with E-state index in [9.17, 15) is 14.3 Å². The normalized spacial score (nSPS) is 14.9. The van der Waals surface area contributed by atoms with Gasteiger partial charge in [-0.1, -0.05) is 25.1 Å². The lowest BCUT2D eigenvalue weighted by Gasteiger charge is -2.24. The summed E-state index contributed by atoms with van der Waals surface area (Å²) in [6, 6.07) is 5.59. The summed E-state index contributed by atoms with van der Waals surface area (Å²) in [4.78, 5) is 11.7. The fraction of sp³-hybridized carbons (Fsp3) is 0.400. The molecule has 0 radical (unpaired) electrons. The van der Waals surface area contributed by atoms with Crippen LogP contribution in [0.4, 0.5) is 4.39 Å². The summed E-state index contributed by atoms with van der Waals surface area (Å²) in [5, 5.41) is 13.0. The highest BCUT2D eigenvalue weighted by Gasteiger charge is 2.23. The monoisotopic (exact) mass is 265 g/mol. The molecule has 0 fully saturated rings. The Balaban J connectivity index is 2.68. The molecule has 2 N–H and O–H groups in total. The lowest BCUT2D eigenvalue weighted by atomic mass is 9.96. The number of allylic oxidation sites excluding steroid dienone is 1. The zero-order valence-corrected chi connectivity index (χ0v) is 11.5. The first-order valence-corrected chi connectivity index (χ1v) is 6.30. The Labute approximate surface area is 113 Å². The third-order valence-corrected chi connectivity index (χ3v) is 2.93. The van der Waals surface area contributed by atoms with Gasteiger partial charge in [-0.2, -0.15) is 0 Å². The molecule has 1 aromatic rings. The first kappa shape index (κ1) is 15.4. The van der Waals surface area contributed by atoms with E-state index >= 15 is 0 Å². The molecule has 19 heavy (non-hydrogen) atoms. The minimum atomic E-state index is -1.23. The van der Waals surface area contributed by atoms with Crippen LogP contribution in [0.5, 0.6) is 0 Å². The van der Waals surface area contributed by atoms with Crippen LogP contribution in [0.25, 0.3) is 0 Å². The average Bonchev–Trinajstić information content (AvgIpc) is 2.37. The van der Waals surface area contributed by atoms with Crippen LogP contribution in [-0.2, 0) is 10.4 Å². The highest BCUT2D eigenvalue weighted by molar-refractivity contribution is 5.92. The number of carbonyl (C=O) groups is 1. The van der Waals surface area contributed by atoms with Gasteiger partial charge in [0.1, 0.15) is 11.4 Å². The van der Waals surface area contributed by atoms with Crippen molar-refractivity contribution in [1.82, 2.24) is 5.32 Å². The molecule has 3 nitrogen and oxygen atoms in total. The fourth-order valence-corrected chi connectivity index (χ4v) is 1.70. The molecule has 0 aromatic heterocycles. The smallest absolute Gasteiger partial charge is 0.246 e. The minimum absolute atomic E-state index is 0.0758. The lowest BCUT2D eigenvalue weighted by Crippen LogP contribution is -2.38. The van der Waals surface area contributed by atoms with Crippen molar-refractivity contribution in [2.45, 2.75) is 32.8 Å². The second-order valence-electron chi connectivity index (χ2n) is 4.76. The predicted molar refractivity (Wildman–Crippen MR) is 73.0 cm³/mol. The van der Waals surface area contributed by atoms with E-state index in [0.717, 1.165) is 6.42 Å². The summed E-state index contributed by atoms with van der Waals surface area (Å²) >= 11 is 0. The molecule has 1 unspecified atom stereocenters. The first-order valence-electron chi connectivity index (χ1n) is 6.30. The van der Waals surface area contributed by atoms with Crippen LogP contribution < -0.4 is 5.32 Å². The Hall–Kier alpha value is -1.68. The number of benzene rings is 1. The van der Waals surface area contributed by atoms with E-state index in [1.165, 1.54) is 24.3 Å². The fourth-order valence-electron chi connectivity index (χ4n) is 1.70. The molecule has 104 valence electrons. The van der Waals surface area contributed by atoms with Crippen molar-refractivity contribution < 1.29 is 14.3 Å². The number of aliphatic hydroxyl groups is 1. The van der Waals surface area contributed by atoms with Crippen molar-refractivity contribution in [3.8, 4) is 0 Å². The van der Waals surface area contributed by atoms with E-state index in [2.05, 4.69) is 5.32 Å². The maximum Gasteiger partial charge on any atom is 0.246 e. The van der Waals surface area contributed by atoms with E-state index in [4.69, 9.17) is 0 Å². The van der Waals surface area contributed by atoms with Crippen LogP contribution in [-0.4, -0.2) is 17.6 Å². The van der Waals surface area contributed by atoms with E-state index in [0.29, 0.717) is 11.1 Å². The molecule has 0 aliphatic carbocycles. The summed E-state index contributed by atoms with van der Waals surface area (Å²) < 4.78 is 12.8. The van der Waals surface area contributed by atoms with Crippen molar-refractivity contribution >= 4 is 5.91 Å². The maximum atomic E-state index is 12.8. The maximum absolute atomic E-state index is 12.8. The van der Waals surface area contributed by atoms with Crippen LogP contribution in [0.15, 0.2) is 35.9 Å². The Bertz CT molecular complexity index is 464. The summed E-state index contributed by atoms with van der Waals surface area (Å²) in [6.07, 6.45) is 2.61. The van der Waals surface area contributed by atoms with Crippen LogP contribution in [0.2, 0.25) is 0 Å². The average molecular weight is 265 g/mol. The van der Waals surface area contributed by atoms with Gasteiger partial charge in [-0.15, -0.1) is 0 Å². The number of nitrogens with one attached hydrogen (secondary N) is 1. The van der Waals surface area contributed by atoms with Crippen molar-refractivity contribution in [2.24, 2.45) is 0 Å². The van der Waals surface area contributed by atoms with Gasteiger partial charge in [0.2, 0.25) is 5.91 Å². The van der Waals surface area contributed by atoms with Gasteiger partial charge in [0.05, 0.1) is 6.54 Å². The van der Waals surface area contributed by atoms with Gasteiger partial charge in [0.15, 0.2) is 0 Å². The van der Waals surface area contributed by atoms with Crippen molar-refractivity contribution in [1.29, 1.82) is 0 Å². The molecule has 0 heterocycles. The molecule has 1 rings (SSSR count). The van der Waals surface area contributed by atoms with E-state index in [1.54, 1.807) is 13.8 Å². The summed E-state index contributed by atoms with van der Waals surface area (Å²) in [6.45, 7) is 5.34. The highest BCUT2D eigenvalue weighted by Crippen LogP contribution is 2.19. The van der Waals surface area contributed by atoms with Gasteiger partial charge in [-0.3, -0.25) is 4.79 Å². The quantitative estimate of drug-likeness (QED) is 0.804. The number of amides is 1. The summed E-state index contributed by atoms with van der Waals surface area (Å²) in [7, 11) is 0. The van der Waals surface area contributed by atoms with E-state index in [-0.39, 0.29) is 18.3 Å². The molecule has 4 heteroatoms. The van der Waals surface area contributed by atoms with Gasteiger partial charge in [0, 0.05) is 5.57 Å². The predicted octanol–water partition coefficient (Wildman–Crippen LogP) is 2.51. The first-order chi connectivity index (χ1) is 8.86. The number of carbonyl (C=O) groups excluding carboxylic acids is 1. The molecule has 1 amide bonds. The minimum Gasteiger partial charge on any atom is -0.384 e. The van der Waals surface area contributed by atoms with E-state index in [1.807, 2.05) is 13.0 Å². The Morgan fingerprint density at radius 2 is 2.00 bits per heavy atom. The van der Waals surface area contributed by atoms with Crippen LogP contribution in [0, 0.1) is 5.82 Å². The van der Waals surface area contributed by atoms with Crippen LogP contribution in [0.1, 0.15) is 32.8 Å². The SMILES string of the molecule is CC/C=C(/C)C(=O)NCC(C)(O)c1ccc(F)cc1. The molecular formula is C15H20FNO2. The van der Waals surface area contributed by atoms with Gasteiger partial charge in [0.25, 0.3) is 0 Å². The van der Waals surface area contributed by atoms with Crippen molar-refractivity contribution in [3.63, 3.8) is 0 Å². The molecule has 0 aliphatic heterocycles. The van der Waals surface area contributed by atoms with Gasteiger partial charge >= 0.3 is 0 Å². The summed E-state index contributed by atoms with van der Waals surface area (Å²) in [5.41, 5.74) is -0.0423. The van der Waals surface area contributed by atoms with Gasteiger partial charge < -0.3 is 10.4 Å². The molecule has 0 saturated carbocycles. The summed E-state index contributed by atoms with van der Waals surface area (Å²) in [5.74, 6) is -0.561. The Morgan fingerprint density at radius 1 is 1.42 bits per heavy atom. The Morgan fingerprint density at radius 3 is 2.53 bits per heavy atom. The molecule has 0 saturated heterocycles. The number of hydrogen-bond acceptors (Lipinski definition) is 2. The number of rotatable bonds is 5. The van der Waals surface area contributed by atoms with Crippen LogP contribution >= 0.6 is 0 Å². The van der Waals surface area contributed by atoms with E-state index < -0.39 is 5.60 Å². The molecule has 1 atom stereocenters. The molecule has 0 spiro atoms. The third-order valence-electron chi connectivity index (χ3n) is 2.93. The molecule has 1 aromatic carbocycles. The zero-order valence-electron chi connectivity index (χ0n) is 11.5. The highest BCUT2D eigenvalue weighted by atomic mass is 19.1. The van der Waals surface area contributed by atoms with Crippen molar-refractivity contribution in [2.75, 3.05) is 6.54 Å². The molecule has 0 bridgehead atoms. The standard InChI is InChI=1S/C15H20FNO2/c1-4-5-11(2)14(18)17-10-15(3,19)12-6-8-13(16)9-7-12/h5-9,19H,4,10H2,1-3H3,(H,17,18)/b11-5-. The van der Waals surface area contributed by atoms with Gasteiger partial charge in [-0.05, 0) is 38.0 Å². The molecular weight excluding hydrogens is 245 g/mol. The lowest BCUT2D eigenvalue weighted by molar-refractivity contribution is -0.118. The van der Waals surface area contributed by atoms with Crippen LogP contribution in [0.3, 0.4) is 0 Å². The number of hydrogen-bond donors (Lipinski definition) is 2. The largest absolute Gasteiger partial charge is 0.384 e. The topological polar surface area (TPSA) is 49.3 Å².